The summed E-state index contributed by atoms with van der Waals surface area (Å²) >= 11 is 3.18. The average molecular weight is 326 g/mol. The van der Waals surface area contributed by atoms with Crippen LogP contribution in [0, 0.1) is 5.82 Å². The smallest absolute Gasteiger partial charge is 0.252 e. The Bertz CT molecular complexity index is 569. The Labute approximate surface area is 118 Å². The molecule has 0 saturated heterocycles. The molecule has 1 amide bonds. The van der Waals surface area contributed by atoms with Crippen molar-refractivity contribution in [1.29, 1.82) is 0 Å². The van der Waals surface area contributed by atoms with Gasteiger partial charge in [-0.3, -0.25) is 4.79 Å². The van der Waals surface area contributed by atoms with Crippen LogP contribution in [0.4, 0.5) is 4.39 Å². The minimum absolute atomic E-state index is 0.0735. The van der Waals surface area contributed by atoms with Gasteiger partial charge in [0.05, 0.1) is 11.8 Å². The first-order chi connectivity index (χ1) is 9.06. The number of benzene rings is 1. The van der Waals surface area contributed by atoms with Crippen LogP contribution in [-0.4, -0.2) is 11.9 Å². The van der Waals surface area contributed by atoms with E-state index in [2.05, 4.69) is 21.2 Å². The fraction of sp³-hybridized carbons (Fsp3) is 0.214. The van der Waals surface area contributed by atoms with Crippen LogP contribution in [0.1, 0.15) is 23.0 Å². The third-order valence-electron chi connectivity index (χ3n) is 2.64. The molecule has 0 aliphatic rings. The maximum atomic E-state index is 13.0. The number of halogens is 2. The van der Waals surface area contributed by atoms with Crippen molar-refractivity contribution in [3.63, 3.8) is 0 Å². The quantitative estimate of drug-likeness (QED) is 0.934. The number of rotatable bonds is 4. The van der Waals surface area contributed by atoms with E-state index in [0.29, 0.717) is 16.5 Å². The molecule has 5 heteroatoms. The molecule has 0 saturated carbocycles. The number of carbonyl (C=O) groups excluding carboxylic acids is 1. The van der Waals surface area contributed by atoms with Gasteiger partial charge in [0.15, 0.2) is 0 Å². The molecule has 1 atom stereocenters. The predicted octanol–water partition coefficient (Wildman–Crippen LogP) is 3.54. The molecule has 2 aromatic rings. The summed E-state index contributed by atoms with van der Waals surface area (Å²) in [6.45, 7) is 1.89. The molecule has 1 N–H and O–H groups in total. The SMILES string of the molecule is CC(Cc1ccco1)NC(=O)c1ccc(F)cc1Br. The normalized spacial score (nSPS) is 12.2. The molecule has 1 unspecified atom stereocenters. The number of nitrogens with one attached hydrogen (secondary N) is 1. The van der Waals surface area contributed by atoms with E-state index < -0.39 is 0 Å². The van der Waals surface area contributed by atoms with Gasteiger partial charge in [0.1, 0.15) is 11.6 Å². The molecule has 1 heterocycles. The molecule has 0 bridgehead atoms. The van der Waals surface area contributed by atoms with Gasteiger partial charge in [0.2, 0.25) is 0 Å². The fourth-order valence-electron chi connectivity index (χ4n) is 1.76. The van der Waals surface area contributed by atoms with Gasteiger partial charge < -0.3 is 9.73 Å². The molecule has 0 aliphatic heterocycles. The number of hydrogen-bond donors (Lipinski definition) is 1. The van der Waals surface area contributed by atoms with Crippen LogP contribution < -0.4 is 5.32 Å². The van der Waals surface area contributed by atoms with E-state index in [9.17, 15) is 9.18 Å². The van der Waals surface area contributed by atoms with Crippen LogP contribution in [0.3, 0.4) is 0 Å². The second kappa shape index (κ2) is 6.02. The van der Waals surface area contributed by atoms with Gasteiger partial charge >= 0.3 is 0 Å². The Morgan fingerprint density at radius 1 is 1.47 bits per heavy atom. The van der Waals surface area contributed by atoms with E-state index in [0.717, 1.165) is 5.76 Å². The molecule has 2 rings (SSSR count). The van der Waals surface area contributed by atoms with Gasteiger partial charge in [0, 0.05) is 16.9 Å². The molecular formula is C14H13BrFNO2. The summed E-state index contributed by atoms with van der Waals surface area (Å²) in [6, 6.07) is 7.57. The Kier molecular flexibility index (Phi) is 4.37. The van der Waals surface area contributed by atoms with Crippen molar-refractivity contribution in [3.05, 3.63) is 58.2 Å². The Balaban J connectivity index is 2.00. The highest BCUT2D eigenvalue weighted by Crippen LogP contribution is 2.18. The van der Waals surface area contributed by atoms with E-state index in [4.69, 9.17) is 4.42 Å². The molecule has 100 valence electrons. The van der Waals surface area contributed by atoms with E-state index >= 15 is 0 Å². The predicted molar refractivity (Wildman–Crippen MR) is 73.4 cm³/mol. The van der Waals surface area contributed by atoms with Crippen LogP contribution in [0.25, 0.3) is 0 Å². The second-order valence-electron chi connectivity index (χ2n) is 4.28. The number of carbonyl (C=O) groups is 1. The minimum atomic E-state index is -0.382. The van der Waals surface area contributed by atoms with Gasteiger partial charge in [0.25, 0.3) is 5.91 Å². The average Bonchev–Trinajstić information content (AvgIpc) is 2.81. The van der Waals surface area contributed by atoms with Gasteiger partial charge in [-0.05, 0) is 53.2 Å². The summed E-state index contributed by atoms with van der Waals surface area (Å²) in [7, 11) is 0. The second-order valence-corrected chi connectivity index (χ2v) is 5.14. The van der Waals surface area contributed by atoms with E-state index in [1.165, 1.54) is 18.2 Å². The minimum Gasteiger partial charge on any atom is -0.469 e. The maximum Gasteiger partial charge on any atom is 0.252 e. The highest BCUT2D eigenvalue weighted by atomic mass is 79.9. The molecule has 0 spiro atoms. The maximum absolute atomic E-state index is 13.0. The molecule has 19 heavy (non-hydrogen) atoms. The lowest BCUT2D eigenvalue weighted by atomic mass is 10.1. The first-order valence-corrected chi connectivity index (χ1v) is 6.64. The van der Waals surface area contributed by atoms with Crippen LogP contribution in [0.5, 0.6) is 0 Å². The lowest BCUT2D eigenvalue weighted by Crippen LogP contribution is -2.34. The molecule has 1 aromatic carbocycles. The zero-order valence-corrected chi connectivity index (χ0v) is 11.9. The van der Waals surface area contributed by atoms with Crippen molar-refractivity contribution in [3.8, 4) is 0 Å². The largest absolute Gasteiger partial charge is 0.469 e. The van der Waals surface area contributed by atoms with Crippen LogP contribution in [0.2, 0.25) is 0 Å². The lowest BCUT2D eigenvalue weighted by Gasteiger charge is -2.13. The summed E-state index contributed by atoms with van der Waals surface area (Å²) < 4.78 is 18.6. The van der Waals surface area contributed by atoms with Crippen molar-refractivity contribution in [1.82, 2.24) is 5.32 Å². The van der Waals surface area contributed by atoms with Crippen LogP contribution in [-0.2, 0) is 6.42 Å². The number of furan rings is 1. The van der Waals surface area contributed by atoms with Crippen LogP contribution >= 0.6 is 15.9 Å². The van der Waals surface area contributed by atoms with Crippen molar-refractivity contribution < 1.29 is 13.6 Å². The monoisotopic (exact) mass is 325 g/mol. The Hall–Kier alpha value is -1.62. The van der Waals surface area contributed by atoms with E-state index in [1.807, 2.05) is 13.0 Å². The van der Waals surface area contributed by atoms with Gasteiger partial charge in [-0.1, -0.05) is 0 Å². The van der Waals surface area contributed by atoms with Gasteiger partial charge in [-0.25, -0.2) is 4.39 Å². The number of hydrogen-bond acceptors (Lipinski definition) is 2. The zero-order chi connectivity index (χ0) is 13.8. The standard InChI is InChI=1S/C14H13BrFNO2/c1-9(7-11-3-2-6-19-11)17-14(18)12-5-4-10(16)8-13(12)15/h2-6,8-9H,7H2,1H3,(H,17,18). The van der Waals surface area contributed by atoms with Crippen LogP contribution in [0.15, 0.2) is 45.5 Å². The molecule has 3 nitrogen and oxygen atoms in total. The summed E-state index contributed by atoms with van der Waals surface area (Å²) in [5, 5.41) is 2.84. The van der Waals surface area contributed by atoms with Crippen molar-refractivity contribution >= 4 is 21.8 Å². The zero-order valence-electron chi connectivity index (χ0n) is 10.3. The van der Waals surface area contributed by atoms with Gasteiger partial charge in [-0.2, -0.15) is 0 Å². The first-order valence-electron chi connectivity index (χ1n) is 5.84. The third kappa shape index (κ3) is 3.67. The summed E-state index contributed by atoms with van der Waals surface area (Å²) in [5.74, 6) is 0.184. The Morgan fingerprint density at radius 3 is 2.89 bits per heavy atom. The molecule has 0 aliphatic carbocycles. The molecular weight excluding hydrogens is 313 g/mol. The summed E-state index contributed by atoms with van der Waals surface area (Å²) in [5.41, 5.74) is 0.410. The number of amides is 1. The Morgan fingerprint density at radius 2 is 2.26 bits per heavy atom. The summed E-state index contributed by atoms with van der Waals surface area (Å²) in [4.78, 5) is 12.0. The van der Waals surface area contributed by atoms with Crippen molar-refractivity contribution in [2.75, 3.05) is 0 Å². The van der Waals surface area contributed by atoms with E-state index in [-0.39, 0.29) is 17.8 Å². The van der Waals surface area contributed by atoms with Gasteiger partial charge in [-0.15, -0.1) is 0 Å². The fourth-order valence-corrected chi connectivity index (χ4v) is 2.29. The topological polar surface area (TPSA) is 42.2 Å². The first kappa shape index (κ1) is 13.8. The van der Waals surface area contributed by atoms with Crippen molar-refractivity contribution in [2.45, 2.75) is 19.4 Å². The van der Waals surface area contributed by atoms with Crippen molar-refractivity contribution in [2.24, 2.45) is 0 Å². The molecule has 0 radical (unpaired) electrons. The highest BCUT2D eigenvalue weighted by Gasteiger charge is 2.14. The summed E-state index contributed by atoms with van der Waals surface area (Å²) in [6.07, 6.45) is 2.21. The third-order valence-corrected chi connectivity index (χ3v) is 3.30. The highest BCUT2D eigenvalue weighted by molar-refractivity contribution is 9.10. The lowest BCUT2D eigenvalue weighted by molar-refractivity contribution is 0.0938. The molecule has 1 aromatic heterocycles. The molecule has 0 fully saturated rings. The van der Waals surface area contributed by atoms with E-state index in [1.54, 1.807) is 12.3 Å².